The zero-order chi connectivity index (χ0) is 37.9. The molecule has 0 aliphatic rings. The van der Waals surface area contributed by atoms with Crippen LogP contribution in [-0.4, -0.2) is 18.7 Å². The highest BCUT2D eigenvalue weighted by molar-refractivity contribution is 7.25. The fourth-order valence-corrected chi connectivity index (χ4v) is 10.7. The number of nitrogens with zero attached hydrogens (tertiary/aromatic N) is 4. The molecule has 0 aliphatic heterocycles. The maximum absolute atomic E-state index is 5.45. The van der Waals surface area contributed by atoms with Gasteiger partial charge in [-0.15, -0.1) is 11.3 Å². The van der Waals surface area contributed by atoms with Crippen LogP contribution in [0.1, 0.15) is 0 Å². The number of rotatable bonds is 4. The van der Waals surface area contributed by atoms with E-state index in [0.717, 1.165) is 33.7 Å². The SMILES string of the molecule is c1ccc(-n2c3ccccc3c3c(-c4cccc5c4c4ccccc4n5-c4ccc5sc6ccc(-n7c8ccccc8c8ccccc87)nc6c5c4)cccc32)cc1. The maximum Gasteiger partial charge on any atom is 0.138 e. The summed E-state index contributed by atoms with van der Waals surface area (Å²) in [6, 6.07) is 70.6. The summed E-state index contributed by atoms with van der Waals surface area (Å²) < 4.78 is 9.57. The van der Waals surface area contributed by atoms with Crippen LogP contribution in [-0.2, 0) is 0 Å². The van der Waals surface area contributed by atoms with E-state index in [1.165, 1.54) is 80.3 Å². The molecule has 270 valence electrons. The summed E-state index contributed by atoms with van der Waals surface area (Å²) >= 11 is 1.81. The number of thiophene rings is 1. The van der Waals surface area contributed by atoms with Gasteiger partial charge in [0.05, 0.1) is 43.3 Å². The van der Waals surface area contributed by atoms with Crippen LogP contribution in [0.3, 0.4) is 0 Å². The molecular weight excluding hydrogens is 725 g/mol. The average molecular weight is 757 g/mol. The van der Waals surface area contributed by atoms with Crippen LogP contribution in [0, 0.1) is 0 Å². The lowest BCUT2D eigenvalue weighted by Gasteiger charge is -2.11. The number of pyridine rings is 1. The smallest absolute Gasteiger partial charge is 0.138 e. The van der Waals surface area contributed by atoms with E-state index in [0.29, 0.717) is 0 Å². The monoisotopic (exact) mass is 756 g/mol. The Bertz CT molecular complexity index is 3750. The van der Waals surface area contributed by atoms with Gasteiger partial charge < -0.3 is 9.13 Å². The number of para-hydroxylation sites is 5. The lowest BCUT2D eigenvalue weighted by molar-refractivity contribution is 1.10. The first-order chi connectivity index (χ1) is 28.8. The van der Waals surface area contributed by atoms with E-state index in [1.807, 2.05) is 11.3 Å². The van der Waals surface area contributed by atoms with E-state index < -0.39 is 0 Å². The van der Waals surface area contributed by atoms with Gasteiger partial charge in [-0.2, -0.15) is 0 Å². The second kappa shape index (κ2) is 12.0. The van der Waals surface area contributed by atoms with Crippen LogP contribution in [0.2, 0.25) is 0 Å². The third kappa shape index (κ3) is 4.36. The molecule has 0 saturated carbocycles. The lowest BCUT2D eigenvalue weighted by Crippen LogP contribution is -1.97. The van der Waals surface area contributed by atoms with Crippen LogP contribution >= 0.6 is 11.3 Å². The van der Waals surface area contributed by atoms with E-state index in [4.69, 9.17) is 4.98 Å². The fourth-order valence-electron chi connectivity index (χ4n) is 9.68. The Morgan fingerprint density at radius 2 is 0.810 bits per heavy atom. The number of hydrogen-bond donors (Lipinski definition) is 0. The van der Waals surface area contributed by atoms with Gasteiger partial charge in [-0.3, -0.25) is 4.57 Å². The van der Waals surface area contributed by atoms with Gasteiger partial charge in [-0.1, -0.05) is 115 Å². The summed E-state index contributed by atoms with van der Waals surface area (Å²) in [6.07, 6.45) is 0. The number of benzene rings is 8. The van der Waals surface area contributed by atoms with Crippen molar-refractivity contribution in [3.63, 3.8) is 0 Å². The summed E-state index contributed by atoms with van der Waals surface area (Å²) in [5.41, 5.74) is 12.9. The molecular formula is C53H32N4S. The normalized spacial score (nSPS) is 12.1. The van der Waals surface area contributed by atoms with Crippen molar-refractivity contribution >= 4 is 97.1 Å². The van der Waals surface area contributed by atoms with Gasteiger partial charge in [0.25, 0.3) is 0 Å². The quantitative estimate of drug-likeness (QED) is 0.176. The largest absolute Gasteiger partial charge is 0.309 e. The van der Waals surface area contributed by atoms with Crippen LogP contribution in [0.5, 0.6) is 0 Å². The maximum atomic E-state index is 5.45. The fraction of sp³-hybridized carbons (Fsp3) is 0. The molecule has 8 aromatic carbocycles. The van der Waals surface area contributed by atoms with Crippen molar-refractivity contribution in [2.24, 2.45) is 0 Å². The Balaban J connectivity index is 1.04. The zero-order valence-corrected chi connectivity index (χ0v) is 32.0. The predicted molar refractivity (Wildman–Crippen MR) is 246 cm³/mol. The first-order valence-electron chi connectivity index (χ1n) is 19.7. The second-order valence-electron chi connectivity index (χ2n) is 15.1. The second-order valence-corrected chi connectivity index (χ2v) is 16.2. The lowest BCUT2D eigenvalue weighted by atomic mass is 9.95. The van der Waals surface area contributed by atoms with E-state index in [1.54, 1.807) is 0 Å². The molecule has 13 aromatic rings. The van der Waals surface area contributed by atoms with Crippen molar-refractivity contribution in [2.75, 3.05) is 0 Å². The average Bonchev–Trinajstić information content (AvgIpc) is 4.02. The van der Waals surface area contributed by atoms with Gasteiger partial charge in [0, 0.05) is 53.8 Å². The summed E-state index contributed by atoms with van der Waals surface area (Å²) in [5.74, 6) is 0.930. The third-order valence-corrected chi connectivity index (χ3v) is 13.2. The molecule has 5 aromatic heterocycles. The molecule has 0 bridgehead atoms. The van der Waals surface area contributed by atoms with Crippen LogP contribution in [0.4, 0.5) is 0 Å². The number of hydrogen-bond acceptors (Lipinski definition) is 2. The highest BCUT2D eigenvalue weighted by Gasteiger charge is 2.21. The Labute approximate surface area is 336 Å². The van der Waals surface area contributed by atoms with E-state index >= 15 is 0 Å². The Morgan fingerprint density at radius 1 is 0.328 bits per heavy atom. The molecule has 0 aliphatic carbocycles. The number of fused-ring (bicyclic) bond motifs is 12. The molecule has 4 nitrogen and oxygen atoms in total. The Morgan fingerprint density at radius 3 is 1.41 bits per heavy atom. The first-order valence-corrected chi connectivity index (χ1v) is 20.5. The third-order valence-electron chi connectivity index (χ3n) is 12.0. The summed E-state index contributed by atoms with van der Waals surface area (Å²) in [6.45, 7) is 0. The highest BCUT2D eigenvalue weighted by atomic mass is 32.1. The molecule has 0 amide bonds. The predicted octanol–water partition coefficient (Wildman–Crippen LogP) is 14.4. The summed E-state index contributed by atoms with van der Waals surface area (Å²) in [7, 11) is 0. The molecule has 5 heterocycles. The van der Waals surface area contributed by atoms with Crippen molar-refractivity contribution in [3.8, 4) is 28.3 Å². The minimum Gasteiger partial charge on any atom is -0.309 e. The topological polar surface area (TPSA) is 27.7 Å². The molecule has 0 unspecified atom stereocenters. The van der Waals surface area contributed by atoms with Crippen molar-refractivity contribution in [2.45, 2.75) is 0 Å². The van der Waals surface area contributed by atoms with Crippen molar-refractivity contribution < 1.29 is 0 Å². The van der Waals surface area contributed by atoms with Crippen LogP contribution in [0.15, 0.2) is 194 Å². The van der Waals surface area contributed by atoms with Gasteiger partial charge in [0.2, 0.25) is 0 Å². The van der Waals surface area contributed by atoms with Crippen LogP contribution < -0.4 is 0 Å². The van der Waals surface area contributed by atoms with E-state index in [-0.39, 0.29) is 0 Å². The molecule has 0 saturated heterocycles. The number of aromatic nitrogens is 4. The van der Waals surface area contributed by atoms with Gasteiger partial charge in [-0.05, 0) is 90.0 Å². The Hall–Kier alpha value is -7.47. The van der Waals surface area contributed by atoms with Crippen molar-refractivity contribution in [1.82, 2.24) is 18.7 Å². The summed E-state index contributed by atoms with van der Waals surface area (Å²) in [4.78, 5) is 5.45. The summed E-state index contributed by atoms with van der Waals surface area (Å²) in [5, 5.41) is 8.65. The Kier molecular flexibility index (Phi) is 6.57. The van der Waals surface area contributed by atoms with Gasteiger partial charge >= 0.3 is 0 Å². The minimum atomic E-state index is 0.930. The van der Waals surface area contributed by atoms with Gasteiger partial charge in [0.1, 0.15) is 5.82 Å². The molecule has 0 spiro atoms. The molecule has 0 fully saturated rings. The highest BCUT2D eigenvalue weighted by Crippen LogP contribution is 2.45. The van der Waals surface area contributed by atoms with Gasteiger partial charge in [-0.25, -0.2) is 4.98 Å². The van der Waals surface area contributed by atoms with Crippen molar-refractivity contribution in [1.29, 1.82) is 0 Å². The minimum absolute atomic E-state index is 0.930. The van der Waals surface area contributed by atoms with Crippen LogP contribution in [0.25, 0.3) is 114 Å². The molecule has 13 rings (SSSR count). The molecule has 58 heavy (non-hydrogen) atoms. The van der Waals surface area contributed by atoms with E-state index in [9.17, 15) is 0 Å². The van der Waals surface area contributed by atoms with Gasteiger partial charge in [0.15, 0.2) is 0 Å². The molecule has 0 N–H and O–H groups in total. The zero-order valence-electron chi connectivity index (χ0n) is 31.2. The molecule has 0 radical (unpaired) electrons. The molecule has 5 heteroatoms. The molecule has 0 atom stereocenters. The first kappa shape index (κ1) is 31.7. The standard InChI is InChI=1S/C53H32N4S/c1-2-14-33(15-3-1)55-44-24-10-6-18-39(44)51-37(20-12-26-46(51)55)38-21-13-27-47-52(38)40-19-7-11-25-45(40)56(47)34-28-29-48-41(32-34)53-49(58-48)30-31-50(54-53)57-42-22-8-4-16-35(42)36-17-5-9-23-43(36)57/h1-32H. The van der Waals surface area contributed by atoms with Crippen molar-refractivity contribution in [3.05, 3.63) is 194 Å². The van der Waals surface area contributed by atoms with E-state index in [2.05, 4.69) is 208 Å².